The van der Waals surface area contributed by atoms with Gasteiger partial charge in [0.1, 0.15) is 0 Å². The van der Waals surface area contributed by atoms with Gasteiger partial charge >= 0.3 is 117 Å². The molecule has 0 aliphatic rings. The van der Waals surface area contributed by atoms with E-state index in [-0.39, 0.29) is 39.5 Å². The fourth-order valence-electron chi connectivity index (χ4n) is 2.12. The Morgan fingerprint density at radius 1 is 0.564 bits per heavy atom. The number of benzene rings is 4. The Labute approximate surface area is 269 Å². The van der Waals surface area contributed by atoms with Gasteiger partial charge in [-0.15, -0.1) is 5.23 Å². The van der Waals surface area contributed by atoms with Crippen molar-refractivity contribution in [1.82, 2.24) is 0 Å². The average Bonchev–Trinajstić information content (AvgIpc) is 2.84. The second-order valence-electron chi connectivity index (χ2n) is 6.66. The van der Waals surface area contributed by atoms with E-state index in [1.54, 1.807) is 12.1 Å². The maximum absolute atomic E-state index is 9.75. The van der Waals surface area contributed by atoms with Gasteiger partial charge in [0.2, 0.25) is 0 Å². The fourth-order valence-corrected chi connectivity index (χ4v) is 5.14. The van der Waals surface area contributed by atoms with E-state index in [0.717, 1.165) is 15.1 Å². The summed E-state index contributed by atoms with van der Waals surface area (Å²) >= 11 is 24.9. The summed E-state index contributed by atoms with van der Waals surface area (Å²) in [5, 5.41) is 19.9. The Hall–Kier alpha value is -0.995. The van der Waals surface area contributed by atoms with Crippen LogP contribution in [0.15, 0.2) is 97.1 Å². The van der Waals surface area contributed by atoms with Crippen LogP contribution in [-0.4, -0.2) is 17.7 Å². The van der Waals surface area contributed by atoms with E-state index < -0.39 is 7.25 Å². The Balaban J connectivity index is 0.000000527. The zero-order valence-electron chi connectivity index (χ0n) is 18.9. The predicted octanol–water partition coefficient (Wildman–Crippen LogP) is 7.93. The van der Waals surface area contributed by atoms with Gasteiger partial charge in [0.05, 0.1) is 5.69 Å². The Bertz CT molecular complexity index is 1130. The molecule has 4 aromatic carbocycles. The molecule has 0 heterocycles. The van der Waals surface area contributed by atoms with Crippen molar-refractivity contribution in [3.8, 4) is 0 Å². The third-order valence-electron chi connectivity index (χ3n) is 3.69. The van der Waals surface area contributed by atoms with Gasteiger partial charge in [-0.1, -0.05) is 30.6 Å². The quantitative estimate of drug-likeness (QED) is 0.0954. The minimum atomic E-state index is -6.00. The summed E-state index contributed by atoms with van der Waals surface area (Å²) in [5.74, 6) is 0. The standard InChI is InChI=1S/C12H8Cl2I.C6H4ClI.C6H6ClNO2.CH4.BF4/c13-9-1-5-11(6-2-9)15-12-7-3-10(14)4-8-12;7-5-1-3-6(8)4-2-5;7-5-1-3-6(4-2-5)8(9)10;;2-1(3,4)5/h1-8H;1-4H;1-4,9-10H;1H4;/q-1;;;;-1. The van der Waals surface area contributed by atoms with E-state index in [1.807, 2.05) is 48.5 Å². The summed E-state index contributed by atoms with van der Waals surface area (Å²) in [4.78, 5) is 0. The first kappa shape index (κ1) is 38.0. The molecule has 39 heavy (non-hydrogen) atoms. The number of anilines is 1. The van der Waals surface area contributed by atoms with Crippen molar-refractivity contribution in [2.75, 3.05) is 5.23 Å². The van der Waals surface area contributed by atoms with E-state index in [0.29, 0.717) is 5.02 Å². The first-order chi connectivity index (χ1) is 17.7. The van der Waals surface area contributed by atoms with Gasteiger partial charge in [-0.25, -0.2) is 0 Å². The summed E-state index contributed by atoms with van der Waals surface area (Å²) in [5.41, 5.74) is 0.282. The molecule has 0 amide bonds. The number of rotatable bonds is 3. The topological polar surface area (TPSA) is 43.7 Å². The van der Waals surface area contributed by atoms with E-state index in [2.05, 4.69) is 46.9 Å². The van der Waals surface area contributed by atoms with Crippen LogP contribution >= 0.6 is 69.0 Å². The molecule has 0 aliphatic heterocycles. The molecule has 0 spiro atoms. The SMILES string of the molecule is C.Clc1ccc(I)cc1.Clc1ccc([I-]c2ccc(Cl)cc2)cc1.F[B-](F)(F)F.ON(O)c1ccc(Cl)cc1. The number of nitrogens with zero attached hydrogens (tertiary/aromatic N) is 1. The second kappa shape index (κ2) is 20.0. The van der Waals surface area contributed by atoms with Crippen molar-refractivity contribution in [1.29, 1.82) is 0 Å². The summed E-state index contributed by atoms with van der Waals surface area (Å²) < 4.78 is 42.9. The maximum Gasteiger partial charge on any atom is 0.673 e. The van der Waals surface area contributed by atoms with Crippen molar-refractivity contribution in [2.45, 2.75) is 7.43 Å². The number of hydrogen-bond acceptors (Lipinski definition) is 3. The summed E-state index contributed by atoms with van der Waals surface area (Å²) in [6.45, 7) is 0. The molecule has 0 radical (unpaired) electrons. The van der Waals surface area contributed by atoms with Gasteiger partial charge < -0.3 is 17.3 Å². The van der Waals surface area contributed by atoms with Crippen LogP contribution in [-0.2, 0) is 0 Å². The van der Waals surface area contributed by atoms with Gasteiger partial charge in [-0.05, 0) is 71.1 Å². The molecule has 0 unspecified atom stereocenters. The summed E-state index contributed by atoms with van der Waals surface area (Å²) in [7, 11) is -6.00. The molecule has 0 fully saturated rings. The molecule has 14 heteroatoms. The molecule has 0 atom stereocenters. The number of halogens is 10. The molecular weight excluding hydrogens is 829 g/mol. The van der Waals surface area contributed by atoms with Crippen LogP contribution < -0.4 is 26.4 Å². The van der Waals surface area contributed by atoms with E-state index in [4.69, 9.17) is 56.8 Å². The normalized spacial score (nSPS) is 9.92. The van der Waals surface area contributed by atoms with Gasteiger partial charge in [-0.3, -0.25) is 10.4 Å². The van der Waals surface area contributed by atoms with Crippen LogP contribution in [0.3, 0.4) is 0 Å². The fraction of sp³-hybridized carbons (Fsp3) is 0.0400. The van der Waals surface area contributed by atoms with Gasteiger partial charge in [0.15, 0.2) is 0 Å². The van der Waals surface area contributed by atoms with Gasteiger partial charge in [-0.2, -0.15) is 0 Å². The Kier molecular flexibility index (Phi) is 19.5. The first-order valence-corrected chi connectivity index (χ1v) is 14.9. The van der Waals surface area contributed by atoms with Crippen LogP contribution in [0, 0.1) is 10.7 Å². The van der Waals surface area contributed by atoms with Crippen molar-refractivity contribution in [3.05, 3.63) is 128 Å². The minimum absolute atomic E-state index is 0. The Morgan fingerprint density at radius 2 is 0.821 bits per heavy atom. The smallest absolute Gasteiger partial charge is 0.418 e. The molecule has 214 valence electrons. The average molecular weight is 851 g/mol. The zero-order valence-corrected chi connectivity index (χ0v) is 26.3. The van der Waals surface area contributed by atoms with Crippen LogP contribution in [0.25, 0.3) is 0 Å². The summed E-state index contributed by atoms with van der Waals surface area (Å²) in [6.07, 6.45) is 0. The molecule has 2 N–H and O–H groups in total. The van der Waals surface area contributed by atoms with Gasteiger partial charge in [0, 0.05) is 13.6 Å². The van der Waals surface area contributed by atoms with Crippen LogP contribution in [0.4, 0.5) is 23.0 Å². The number of hydrogen-bond donors (Lipinski definition) is 2. The molecular formula is C25H22BCl4F4I2NO2-2. The minimum Gasteiger partial charge on any atom is -0.418 e. The van der Waals surface area contributed by atoms with Crippen molar-refractivity contribution < 1.29 is 48.9 Å². The van der Waals surface area contributed by atoms with E-state index >= 15 is 0 Å². The van der Waals surface area contributed by atoms with Crippen molar-refractivity contribution in [2.24, 2.45) is 0 Å². The summed E-state index contributed by atoms with van der Waals surface area (Å²) in [6, 6.07) is 29.9. The predicted molar refractivity (Wildman–Crippen MR) is 159 cm³/mol. The third-order valence-corrected chi connectivity index (χ3v) is 8.10. The molecule has 3 nitrogen and oxygen atoms in total. The molecule has 4 aromatic rings. The first-order valence-electron chi connectivity index (χ1n) is 10.1. The van der Waals surface area contributed by atoms with Crippen LogP contribution in [0.2, 0.25) is 20.1 Å². The van der Waals surface area contributed by atoms with Gasteiger partial charge in [0.25, 0.3) is 0 Å². The second-order valence-corrected chi connectivity index (χ2v) is 12.7. The largest absolute Gasteiger partial charge is 0.673 e. The molecule has 0 aliphatic carbocycles. The van der Waals surface area contributed by atoms with Crippen molar-refractivity contribution >= 4 is 81.9 Å². The maximum atomic E-state index is 9.75. The molecule has 0 bridgehead atoms. The third kappa shape index (κ3) is 20.5. The van der Waals surface area contributed by atoms with Crippen molar-refractivity contribution in [3.63, 3.8) is 0 Å². The molecule has 0 saturated heterocycles. The molecule has 0 aromatic heterocycles. The Morgan fingerprint density at radius 3 is 1.08 bits per heavy atom. The van der Waals surface area contributed by atoms with Crippen LogP contribution in [0.5, 0.6) is 0 Å². The molecule has 0 saturated carbocycles. The zero-order chi connectivity index (χ0) is 28.7. The van der Waals surface area contributed by atoms with Crippen LogP contribution in [0.1, 0.15) is 7.43 Å². The van der Waals surface area contributed by atoms with E-state index in [9.17, 15) is 17.3 Å². The monoisotopic (exact) mass is 849 g/mol. The van der Waals surface area contributed by atoms with E-state index in [1.165, 1.54) is 22.8 Å². The molecule has 4 rings (SSSR count).